The van der Waals surface area contributed by atoms with Crippen LogP contribution in [0.2, 0.25) is 0 Å². The molecule has 0 saturated carbocycles. The highest BCUT2D eigenvalue weighted by Crippen LogP contribution is 2.34. The van der Waals surface area contributed by atoms with Crippen molar-refractivity contribution in [2.75, 3.05) is 19.7 Å². The van der Waals surface area contributed by atoms with Gasteiger partial charge in [-0.15, -0.1) is 0 Å². The number of nitrogens with zero attached hydrogens (tertiary/aromatic N) is 3. The largest absolute Gasteiger partial charge is 0.437 e. The van der Waals surface area contributed by atoms with Crippen molar-refractivity contribution < 1.29 is 18.7 Å². The van der Waals surface area contributed by atoms with Crippen molar-refractivity contribution in [3.05, 3.63) is 48.2 Å². The second-order valence-corrected chi connectivity index (χ2v) is 6.91. The molecule has 0 aliphatic carbocycles. The van der Waals surface area contributed by atoms with Crippen LogP contribution in [-0.4, -0.2) is 46.6 Å². The van der Waals surface area contributed by atoms with Gasteiger partial charge in [-0.1, -0.05) is 6.07 Å². The van der Waals surface area contributed by atoms with E-state index in [1.165, 1.54) is 12.1 Å². The third-order valence-electron chi connectivity index (χ3n) is 5.10. The third kappa shape index (κ3) is 4.08. The summed E-state index contributed by atoms with van der Waals surface area (Å²) < 4.78 is 24.7. The first kappa shape index (κ1) is 17.9. The fourth-order valence-electron chi connectivity index (χ4n) is 3.69. The third-order valence-corrected chi connectivity index (χ3v) is 5.10. The minimum Gasteiger partial charge on any atom is -0.437 e. The Kier molecular flexibility index (Phi) is 5.29. The SMILES string of the molecule is O=C(C1CCCO1)N1CCC(c2nccnc2Oc2cccc(F)c2)CC1. The molecule has 142 valence electrons. The molecule has 1 aromatic heterocycles. The van der Waals surface area contributed by atoms with Gasteiger partial charge in [-0.25, -0.2) is 9.37 Å². The predicted molar refractivity (Wildman–Crippen MR) is 96.0 cm³/mol. The lowest BCUT2D eigenvalue weighted by atomic mass is 9.93. The van der Waals surface area contributed by atoms with E-state index in [2.05, 4.69) is 9.97 Å². The van der Waals surface area contributed by atoms with Gasteiger partial charge in [-0.05, 0) is 37.8 Å². The van der Waals surface area contributed by atoms with Crippen LogP contribution in [0.3, 0.4) is 0 Å². The molecule has 7 heteroatoms. The number of ether oxygens (including phenoxy) is 2. The number of carbonyl (C=O) groups excluding carboxylic acids is 1. The summed E-state index contributed by atoms with van der Waals surface area (Å²) in [5.74, 6) is 0.672. The fraction of sp³-hybridized carbons (Fsp3) is 0.450. The van der Waals surface area contributed by atoms with Gasteiger partial charge >= 0.3 is 0 Å². The predicted octanol–water partition coefficient (Wildman–Crippen LogP) is 3.29. The summed E-state index contributed by atoms with van der Waals surface area (Å²) in [6.45, 7) is 2.01. The van der Waals surface area contributed by atoms with Crippen LogP contribution in [0.1, 0.15) is 37.3 Å². The molecule has 6 nitrogen and oxygen atoms in total. The van der Waals surface area contributed by atoms with Gasteiger partial charge in [-0.2, -0.15) is 0 Å². The van der Waals surface area contributed by atoms with Crippen molar-refractivity contribution >= 4 is 5.91 Å². The van der Waals surface area contributed by atoms with Crippen LogP contribution in [0.15, 0.2) is 36.7 Å². The monoisotopic (exact) mass is 371 g/mol. The van der Waals surface area contributed by atoms with E-state index in [0.29, 0.717) is 31.3 Å². The molecule has 1 amide bonds. The van der Waals surface area contributed by atoms with Gasteiger partial charge in [0.25, 0.3) is 5.91 Å². The molecule has 3 heterocycles. The molecule has 0 radical (unpaired) electrons. The zero-order chi connectivity index (χ0) is 18.6. The molecular formula is C20H22FN3O3. The van der Waals surface area contributed by atoms with Gasteiger partial charge in [0.2, 0.25) is 5.88 Å². The molecule has 2 aromatic rings. The minimum absolute atomic E-state index is 0.0985. The zero-order valence-corrected chi connectivity index (χ0v) is 15.0. The van der Waals surface area contributed by atoms with Gasteiger partial charge in [0.15, 0.2) is 0 Å². The van der Waals surface area contributed by atoms with Crippen LogP contribution in [0.4, 0.5) is 4.39 Å². The maximum Gasteiger partial charge on any atom is 0.251 e. The maximum atomic E-state index is 13.4. The molecule has 2 saturated heterocycles. The van der Waals surface area contributed by atoms with Crippen molar-refractivity contribution in [1.82, 2.24) is 14.9 Å². The van der Waals surface area contributed by atoms with E-state index in [0.717, 1.165) is 31.4 Å². The summed E-state index contributed by atoms with van der Waals surface area (Å²) in [4.78, 5) is 23.1. The quantitative estimate of drug-likeness (QED) is 0.825. The van der Waals surface area contributed by atoms with Crippen molar-refractivity contribution in [2.45, 2.75) is 37.7 Å². The van der Waals surface area contributed by atoms with Gasteiger partial charge in [0.1, 0.15) is 23.4 Å². The normalized spacial score (nSPS) is 20.6. The average Bonchev–Trinajstić information content (AvgIpc) is 3.23. The molecule has 2 aliphatic rings. The average molecular weight is 371 g/mol. The lowest BCUT2D eigenvalue weighted by Gasteiger charge is -2.33. The molecule has 1 unspecified atom stereocenters. The number of amides is 1. The van der Waals surface area contributed by atoms with Crippen molar-refractivity contribution in [3.63, 3.8) is 0 Å². The molecule has 27 heavy (non-hydrogen) atoms. The number of carbonyl (C=O) groups is 1. The van der Waals surface area contributed by atoms with Gasteiger partial charge in [0, 0.05) is 44.1 Å². The van der Waals surface area contributed by atoms with E-state index in [-0.39, 0.29) is 23.7 Å². The summed E-state index contributed by atoms with van der Waals surface area (Å²) >= 11 is 0. The minimum atomic E-state index is -0.362. The highest BCUT2D eigenvalue weighted by atomic mass is 19.1. The van der Waals surface area contributed by atoms with Crippen LogP contribution in [0.25, 0.3) is 0 Å². The second kappa shape index (κ2) is 8.00. The Hall–Kier alpha value is -2.54. The van der Waals surface area contributed by atoms with Crippen molar-refractivity contribution in [3.8, 4) is 11.6 Å². The highest BCUT2D eigenvalue weighted by Gasteiger charge is 2.32. The number of hydrogen-bond donors (Lipinski definition) is 0. The Balaban J connectivity index is 1.43. The summed E-state index contributed by atoms with van der Waals surface area (Å²) in [6.07, 6.45) is 6.27. The number of aromatic nitrogens is 2. The number of piperidine rings is 1. The van der Waals surface area contributed by atoms with E-state index in [4.69, 9.17) is 9.47 Å². The Labute approximate surface area is 157 Å². The maximum absolute atomic E-state index is 13.4. The number of halogens is 1. The fourth-order valence-corrected chi connectivity index (χ4v) is 3.69. The molecule has 4 rings (SSSR count). The van der Waals surface area contributed by atoms with Crippen LogP contribution >= 0.6 is 0 Å². The summed E-state index contributed by atoms with van der Waals surface area (Å²) in [5.41, 5.74) is 0.756. The number of hydrogen-bond acceptors (Lipinski definition) is 5. The Bertz CT molecular complexity index is 803. The van der Waals surface area contributed by atoms with Crippen LogP contribution in [0, 0.1) is 5.82 Å². The topological polar surface area (TPSA) is 64.5 Å². The Morgan fingerprint density at radius 1 is 1.19 bits per heavy atom. The molecule has 0 spiro atoms. The van der Waals surface area contributed by atoms with Crippen molar-refractivity contribution in [1.29, 1.82) is 0 Å². The lowest BCUT2D eigenvalue weighted by Crippen LogP contribution is -2.43. The summed E-state index contributed by atoms with van der Waals surface area (Å²) in [5, 5.41) is 0. The lowest BCUT2D eigenvalue weighted by molar-refractivity contribution is -0.142. The number of benzene rings is 1. The zero-order valence-electron chi connectivity index (χ0n) is 15.0. The van der Waals surface area contributed by atoms with E-state index in [9.17, 15) is 9.18 Å². The molecule has 0 N–H and O–H groups in total. The van der Waals surface area contributed by atoms with Crippen molar-refractivity contribution in [2.24, 2.45) is 0 Å². The molecule has 1 atom stereocenters. The first-order chi connectivity index (χ1) is 13.2. The molecule has 2 aliphatic heterocycles. The van der Waals surface area contributed by atoms with Gasteiger partial charge < -0.3 is 14.4 Å². The molecule has 1 aromatic carbocycles. The van der Waals surface area contributed by atoms with E-state index >= 15 is 0 Å². The Morgan fingerprint density at radius 2 is 2.00 bits per heavy atom. The first-order valence-electron chi connectivity index (χ1n) is 9.35. The molecule has 2 fully saturated rings. The smallest absolute Gasteiger partial charge is 0.251 e. The van der Waals surface area contributed by atoms with Gasteiger partial charge in [0.05, 0.1) is 0 Å². The summed E-state index contributed by atoms with van der Waals surface area (Å²) in [7, 11) is 0. The van der Waals surface area contributed by atoms with E-state index in [1.54, 1.807) is 24.5 Å². The van der Waals surface area contributed by atoms with Crippen LogP contribution < -0.4 is 4.74 Å². The highest BCUT2D eigenvalue weighted by molar-refractivity contribution is 5.81. The number of rotatable bonds is 4. The van der Waals surface area contributed by atoms with Crippen LogP contribution in [-0.2, 0) is 9.53 Å². The number of likely N-dealkylation sites (tertiary alicyclic amines) is 1. The van der Waals surface area contributed by atoms with Gasteiger partial charge in [-0.3, -0.25) is 9.78 Å². The standard InChI is InChI=1S/C20H22FN3O3/c21-15-3-1-4-16(13-15)27-19-18(22-8-9-23-19)14-6-10-24(11-7-14)20(25)17-5-2-12-26-17/h1,3-4,8-9,13-14,17H,2,5-7,10-12H2. The van der Waals surface area contributed by atoms with E-state index < -0.39 is 0 Å². The molecule has 0 bridgehead atoms. The summed E-state index contributed by atoms with van der Waals surface area (Å²) in [6, 6.07) is 5.97. The van der Waals surface area contributed by atoms with E-state index in [1.807, 2.05) is 4.90 Å². The second-order valence-electron chi connectivity index (χ2n) is 6.91. The first-order valence-corrected chi connectivity index (χ1v) is 9.35. The Morgan fingerprint density at radius 3 is 2.74 bits per heavy atom. The van der Waals surface area contributed by atoms with Crippen LogP contribution in [0.5, 0.6) is 11.6 Å². The molecular weight excluding hydrogens is 349 g/mol.